The van der Waals surface area contributed by atoms with Crippen molar-refractivity contribution in [1.82, 2.24) is 24.6 Å². The smallest absolute Gasteiger partial charge is 0.433 e. The molecule has 3 aromatic heterocycles. The number of fused-ring (bicyclic) bond motifs is 1. The molecule has 0 saturated carbocycles. The van der Waals surface area contributed by atoms with Gasteiger partial charge in [0.1, 0.15) is 12.4 Å². The van der Waals surface area contributed by atoms with E-state index in [1.54, 1.807) is 18.2 Å². The van der Waals surface area contributed by atoms with Gasteiger partial charge in [0.2, 0.25) is 0 Å². The quantitative estimate of drug-likeness (QED) is 0.257. The van der Waals surface area contributed by atoms with Gasteiger partial charge in [0.15, 0.2) is 11.5 Å². The maximum Gasteiger partial charge on any atom is 0.433 e. The van der Waals surface area contributed by atoms with Crippen molar-refractivity contribution in [3.63, 3.8) is 0 Å². The second kappa shape index (κ2) is 12.2. The predicted octanol–water partition coefficient (Wildman–Crippen LogP) is 5.46. The topological polar surface area (TPSA) is 94.4 Å². The number of pyridine rings is 2. The lowest BCUT2D eigenvalue weighted by Crippen LogP contribution is -2.38. The van der Waals surface area contributed by atoms with Gasteiger partial charge in [-0.05, 0) is 42.5 Å². The van der Waals surface area contributed by atoms with Gasteiger partial charge in [-0.2, -0.15) is 18.3 Å². The third-order valence-corrected chi connectivity index (χ3v) is 7.09. The van der Waals surface area contributed by atoms with Crippen LogP contribution < -0.4 is 10.1 Å². The van der Waals surface area contributed by atoms with Gasteiger partial charge in [0.05, 0.1) is 24.5 Å². The van der Waals surface area contributed by atoms with E-state index < -0.39 is 17.8 Å². The van der Waals surface area contributed by atoms with Crippen molar-refractivity contribution in [3.05, 3.63) is 96.6 Å². The molecule has 2 aromatic carbocycles. The minimum Gasteiger partial charge on any atom is -0.492 e. The SMILES string of the molecule is O=C(Nc1ccc(OCCN2CCOCC2)c2ccccc12)c1ccc(-n2nc(-c3cccnc3)cc2C(F)(F)F)nc1. The van der Waals surface area contributed by atoms with Crippen LogP contribution >= 0.6 is 0 Å². The molecule has 0 aliphatic carbocycles. The molecular formula is C31H27F3N6O3. The van der Waals surface area contributed by atoms with Crippen molar-refractivity contribution in [1.29, 1.82) is 0 Å². The van der Waals surface area contributed by atoms with Crippen LogP contribution in [0.1, 0.15) is 16.1 Å². The number of halogens is 3. The van der Waals surface area contributed by atoms with Crippen LogP contribution in [0, 0.1) is 0 Å². The number of nitrogens with zero attached hydrogens (tertiary/aromatic N) is 5. The number of benzene rings is 2. The Kier molecular flexibility index (Phi) is 8.03. The lowest BCUT2D eigenvalue weighted by Gasteiger charge is -2.26. The highest BCUT2D eigenvalue weighted by atomic mass is 19.4. The number of aromatic nitrogens is 4. The first kappa shape index (κ1) is 28.3. The number of hydrogen-bond acceptors (Lipinski definition) is 7. The van der Waals surface area contributed by atoms with Crippen LogP contribution in [0.3, 0.4) is 0 Å². The molecule has 220 valence electrons. The minimum absolute atomic E-state index is 0.0805. The van der Waals surface area contributed by atoms with Gasteiger partial charge in [-0.1, -0.05) is 24.3 Å². The number of ether oxygens (including phenoxy) is 2. The van der Waals surface area contributed by atoms with Crippen molar-refractivity contribution >= 4 is 22.4 Å². The molecule has 0 radical (unpaired) electrons. The number of hydrogen-bond donors (Lipinski definition) is 1. The first-order chi connectivity index (χ1) is 20.9. The second-order valence-corrected chi connectivity index (χ2v) is 9.88. The molecule has 0 bridgehead atoms. The number of carbonyl (C=O) groups is 1. The van der Waals surface area contributed by atoms with E-state index in [0.29, 0.717) is 23.6 Å². The lowest BCUT2D eigenvalue weighted by molar-refractivity contribution is -0.142. The second-order valence-electron chi connectivity index (χ2n) is 9.88. The number of alkyl halides is 3. The summed E-state index contributed by atoms with van der Waals surface area (Å²) >= 11 is 0. The maximum absolute atomic E-state index is 13.8. The molecule has 1 N–H and O–H groups in total. The highest BCUT2D eigenvalue weighted by molar-refractivity contribution is 6.10. The fourth-order valence-corrected chi connectivity index (χ4v) is 4.87. The largest absolute Gasteiger partial charge is 0.492 e. The van der Waals surface area contributed by atoms with Crippen molar-refractivity contribution in [2.75, 3.05) is 44.8 Å². The van der Waals surface area contributed by atoms with Crippen LogP contribution in [0.4, 0.5) is 18.9 Å². The fourth-order valence-electron chi connectivity index (χ4n) is 4.87. The molecule has 9 nitrogen and oxygen atoms in total. The number of nitrogens with one attached hydrogen (secondary N) is 1. The van der Waals surface area contributed by atoms with Crippen molar-refractivity contribution < 1.29 is 27.4 Å². The Morgan fingerprint density at radius 1 is 0.977 bits per heavy atom. The summed E-state index contributed by atoms with van der Waals surface area (Å²) in [6, 6.07) is 18.1. The van der Waals surface area contributed by atoms with E-state index in [2.05, 4.69) is 25.3 Å². The van der Waals surface area contributed by atoms with E-state index >= 15 is 0 Å². The normalized spacial score (nSPS) is 14.1. The Balaban J connectivity index is 1.19. The Morgan fingerprint density at radius 3 is 2.51 bits per heavy atom. The van der Waals surface area contributed by atoms with E-state index in [0.717, 1.165) is 54.4 Å². The number of morpholine rings is 1. The molecule has 6 rings (SSSR count). The van der Waals surface area contributed by atoms with Crippen molar-refractivity contribution in [3.8, 4) is 22.8 Å². The predicted molar refractivity (Wildman–Crippen MR) is 154 cm³/mol. The van der Waals surface area contributed by atoms with Crippen molar-refractivity contribution in [2.45, 2.75) is 6.18 Å². The van der Waals surface area contributed by atoms with Gasteiger partial charge in [-0.3, -0.25) is 14.7 Å². The van der Waals surface area contributed by atoms with Gasteiger partial charge in [-0.15, -0.1) is 0 Å². The summed E-state index contributed by atoms with van der Waals surface area (Å²) in [6.45, 7) is 4.50. The lowest BCUT2D eigenvalue weighted by atomic mass is 10.1. The Hall–Kier alpha value is -4.81. The summed E-state index contributed by atoms with van der Waals surface area (Å²) < 4.78 is 53.7. The van der Waals surface area contributed by atoms with Gasteiger partial charge >= 0.3 is 6.18 Å². The summed E-state index contributed by atoms with van der Waals surface area (Å²) in [5.74, 6) is 0.166. The summed E-state index contributed by atoms with van der Waals surface area (Å²) in [6.07, 6.45) is -0.497. The Labute approximate surface area is 244 Å². The summed E-state index contributed by atoms with van der Waals surface area (Å²) in [5.41, 5.74) is 0.285. The number of carbonyl (C=O) groups excluding carboxylic acids is 1. The van der Waals surface area contributed by atoms with Gasteiger partial charge in [-0.25, -0.2) is 9.67 Å². The van der Waals surface area contributed by atoms with Crippen LogP contribution in [0.25, 0.3) is 27.8 Å². The number of anilines is 1. The summed E-state index contributed by atoms with van der Waals surface area (Å²) in [5, 5.41) is 8.65. The first-order valence-electron chi connectivity index (χ1n) is 13.7. The van der Waals surface area contributed by atoms with E-state index in [-0.39, 0.29) is 17.1 Å². The highest BCUT2D eigenvalue weighted by Gasteiger charge is 2.37. The van der Waals surface area contributed by atoms with Crippen LogP contribution in [-0.2, 0) is 10.9 Å². The van der Waals surface area contributed by atoms with Gasteiger partial charge in [0.25, 0.3) is 5.91 Å². The molecule has 0 unspecified atom stereocenters. The molecule has 43 heavy (non-hydrogen) atoms. The van der Waals surface area contributed by atoms with E-state index in [4.69, 9.17) is 9.47 Å². The number of rotatable bonds is 8. The molecule has 1 fully saturated rings. The van der Waals surface area contributed by atoms with Gasteiger partial charge in [0, 0.05) is 60.2 Å². The molecule has 1 aliphatic heterocycles. The molecule has 1 aliphatic rings. The number of amides is 1. The third-order valence-electron chi connectivity index (χ3n) is 7.09. The molecule has 1 amide bonds. The van der Waals surface area contributed by atoms with Crippen LogP contribution in [0.5, 0.6) is 5.75 Å². The van der Waals surface area contributed by atoms with Gasteiger partial charge < -0.3 is 14.8 Å². The molecule has 4 heterocycles. The monoisotopic (exact) mass is 588 g/mol. The molecule has 0 atom stereocenters. The standard InChI is InChI=1S/C31H27F3N6O3/c32-31(33,34)28-18-26(21-4-3-11-35-19-21)38-40(28)29-10-7-22(20-36-29)30(41)37-25-8-9-27(24-6-2-1-5-23(24)25)43-17-14-39-12-15-42-16-13-39/h1-11,18-20H,12-17H2,(H,37,41). The zero-order chi connectivity index (χ0) is 29.8. The first-order valence-corrected chi connectivity index (χ1v) is 13.7. The average molecular weight is 589 g/mol. The molecular weight excluding hydrogens is 561 g/mol. The fraction of sp³-hybridized carbons (Fsp3) is 0.226. The van der Waals surface area contributed by atoms with E-state index in [1.807, 2.05) is 30.3 Å². The van der Waals surface area contributed by atoms with Crippen LogP contribution in [0.2, 0.25) is 0 Å². The van der Waals surface area contributed by atoms with Crippen molar-refractivity contribution in [2.24, 2.45) is 0 Å². The molecule has 1 saturated heterocycles. The molecule has 12 heteroatoms. The Bertz CT molecular complexity index is 1720. The van der Waals surface area contributed by atoms with Crippen LogP contribution in [0.15, 0.2) is 85.3 Å². The molecule has 5 aromatic rings. The summed E-state index contributed by atoms with van der Waals surface area (Å²) in [4.78, 5) is 23.5. The summed E-state index contributed by atoms with van der Waals surface area (Å²) in [7, 11) is 0. The zero-order valence-electron chi connectivity index (χ0n) is 22.9. The maximum atomic E-state index is 13.8. The van der Waals surface area contributed by atoms with Crippen LogP contribution in [-0.4, -0.2) is 70.0 Å². The van der Waals surface area contributed by atoms with E-state index in [1.165, 1.54) is 30.7 Å². The molecule has 0 spiro atoms. The van der Waals surface area contributed by atoms with E-state index in [9.17, 15) is 18.0 Å². The highest BCUT2D eigenvalue weighted by Crippen LogP contribution is 2.34. The average Bonchev–Trinajstić information content (AvgIpc) is 3.50. The zero-order valence-corrected chi connectivity index (χ0v) is 22.9. The Morgan fingerprint density at radius 2 is 1.79 bits per heavy atom. The minimum atomic E-state index is -4.68. The third kappa shape index (κ3) is 6.35.